The Morgan fingerprint density at radius 2 is 1.79 bits per heavy atom. The van der Waals surface area contributed by atoms with Gasteiger partial charge in [-0.1, -0.05) is 41.0 Å². The maximum absolute atomic E-state index is 12.2. The van der Waals surface area contributed by atoms with E-state index in [0.29, 0.717) is 16.1 Å². The van der Waals surface area contributed by atoms with E-state index in [4.69, 9.17) is 16.0 Å². The SMILES string of the molecule is CC(C)S(=O)(=O)c1ccc(CC(=O)Nc2nnc(-c3ccccc3Cl)o2)cc1. The summed E-state index contributed by atoms with van der Waals surface area (Å²) in [6, 6.07) is 13.2. The van der Waals surface area contributed by atoms with Gasteiger partial charge in [0.1, 0.15) is 0 Å². The smallest absolute Gasteiger partial charge is 0.322 e. The van der Waals surface area contributed by atoms with Crippen LogP contribution in [0.2, 0.25) is 5.02 Å². The van der Waals surface area contributed by atoms with Gasteiger partial charge in [-0.25, -0.2) is 8.42 Å². The molecule has 0 atom stereocenters. The zero-order valence-corrected chi connectivity index (χ0v) is 16.8. The Morgan fingerprint density at radius 1 is 1.11 bits per heavy atom. The number of nitrogens with one attached hydrogen (secondary N) is 1. The topological polar surface area (TPSA) is 102 Å². The van der Waals surface area contributed by atoms with E-state index >= 15 is 0 Å². The summed E-state index contributed by atoms with van der Waals surface area (Å²) < 4.78 is 29.7. The average molecular weight is 420 g/mol. The molecule has 0 fully saturated rings. The Hall–Kier alpha value is -2.71. The molecule has 28 heavy (non-hydrogen) atoms. The van der Waals surface area contributed by atoms with E-state index in [0.717, 1.165) is 0 Å². The number of benzene rings is 2. The van der Waals surface area contributed by atoms with E-state index in [1.54, 1.807) is 50.2 Å². The number of aromatic nitrogens is 2. The third-order valence-electron chi connectivity index (χ3n) is 4.01. The Morgan fingerprint density at radius 3 is 2.43 bits per heavy atom. The molecule has 3 rings (SSSR count). The second-order valence-corrected chi connectivity index (χ2v) is 9.27. The van der Waals surface area contributed by atoms with E-state index < -0.39 is 15.1 Å². The number of amides is 1. The maximum atomic E-state index is 12.2. The minimum Gasteiger partial charge on any atom is -0.403 e. The van der Waals surface area contributed by atoms with Crippen LogP contribution in [0.25, 0.3) is 11.5 Å². The fourth-order valence-corrected chi connectivity index (χ4v) is 3.71. The molecule has 9 heteroatoms. The molecule has 0 radical (unpaired) electrons. The van der Waals surface area contributed by atoms with Crippen LogP contribution in [-0.2, 0) is 21.1 Å². The third-order valence-corrected chi connectivity index (χ3v) is 6.51. The van der Waals surface area contributed by atoms with Gasteiger partial charge >= 0.3 is 6.01 Å². The summed E-state index contributed by atoms with van der Waals surface area (Å²) in [6.45, 7) is 3.25. The predicted molar refractivity (Wildman–Crippen MR) is 106 cm³/mol. The van der Waals surface area contributed by atoms with Crippen molar-refractivity contribution in [3.8, 4) is 11.5 Å². The number of rotatable bonds is 6. The van der Waals surface area contributed by atoms with E-state index in [9.17, 15) is 13.2 Å². The highest BCUT2D eigenvalue weighted by atomic mass is 35.5. The molecule has 0 aliphatic rings. The predicted octanol–water partition coefficient (Wildman–Crippen LogP) is 3.75. The molecule has 2 aromatic carbocycles. The lowest BCUT2D eigenvalue weighted by atomic mass is 10.1. The molecule has 0 aliphatic heterocycles. The fraction of sp³-hybridized carbons (Fsp3) is 0.211. The summed E-state index contributed by atoms with van der Waals surface area (Å²) in [5, 5.41) is 10.1. The molecule has 1 heterocycles. The second-order valence-electron chi connectivity index (χ2n) is 6.35. The zero-order chi connectivity index (χ0) is 20.3. The molecule has 1 aromatic heterocycles. The first-order valence-corrected chi connectivity index (χ1v) is 10.4. The fourth-order valence-electron chi connectivity index (χ4n) is 2.44. The third kappa shape index (κ3) is 4.40. The van der Waals surface area contributed by atoms with E-state index in [2.05, 4.69) is 15.5 Å². The highest BCUT2D eigenvalue weighted by Gasteiger charge is 2.19. The van der Waals surface area contributed by atoms with Crippen molar-refractivity contribution in [3.63, 3.8) is 0 Å². The minimum absolute atomic E-state index is 0.0335. The highest BCUT2D eigenvalue weighted by molar-refractivity contribution is 7.92. The number of carbonyl (C=O) groups is 1. The first-order valence-electron chi connectivity index (χ1n) is 8.48. The van der Waals surface area contributed by atoms with Crippen molar-refractivity contribution in [2.45, 2.75) is 30.4 Å². The molecule has 1 amide bonds. The van der Waals surface area contributed by atoms with Gasteiger partial charge in [0.2, 0.25) is 5.91 Å². The molecule has 0 spiro atoms. The maximum Gasteiger partial charge on any atom is 0.322 e. The quantitative estimate of drug-likeness (QED) is 0.652. The van der Waals surface area contributed by atoms with Crippen LogP contribution in [0.1, 0.15) is 19.4 Å². The molecular weight excluding hydrogens is 402 g/mol. The summed E-state index contributed by atoms with van der Waals surface area (Å²) in [7, 11) is -3.34. The van der Waals surface area contributed by atoms with Crippen molar-refractivity contribution in [3.05, 3.63) is 59.1 Å². The average Bonchev–Trinajstić information content (AvgIpc) is 3.10. The van der Waals surface area contributed by atoms with Crippen molar-refractivity contribution in [1.29, 1.82) is 0 Å². The highest BCUT2D eigenvalue weighted by Crippen LogP contribution is 2.27. The van der Waals surface area contributed by atoms with Crippen molar-refractivity contribution in [2.75, 3.05) is 5.32 Å². The molecule has 146 valence electrons. The van der Waals surface area contributed by atoms with Crippen LogP contribution < -0.4 is 5.32 Å². The van der Waals surface area contributed by atoms with Gasteiger partial charge in [-0.3, -0.25) is 10.1 Å². The lowest BCUT2D eigenvalue weighted by Crippen LogP contribution is -2.16. The van der Waals surface area contributed by atoms with Crippen LogP contribution in [-0.4, -0.2) is 29.8 Å². The Kier molecular flexibility index (Phi) is 5.81. The summed E-state index contributed by atoms with van der Waals surface area (Å²) in [5.41, 5.74) is 1.23. The van der Waals surface area contributed by atoms with Gasteiger partial charge in [-0.15, -0.1) is 5.10 Å². The van der Waals surface area contributed by atoms with Crippen LogP contribution in [0.4, 0.5) is 6.01 Å². The van der Waals surface area contributed by atoms with E-state index in [1.807, 2.05) is 0 Å². The van der Waals surface area contributed by atoms with Crippen molar-refractivity contribution in [2.24, 2.45) is 0 Å². The summed E-state index contributed by atoms with van der Waals surface area (Å²) >= 11 is 6.09. The molecule has 1 N–H and O–H groups in total. The van der Waals surface area contributed by atoms with Gasteiger partial charge < -0.3 is 4.42 Å². The van der Waals surface area contributed by atoms with Gasteiger partial charge in [-0.05, 0) is 43.7 Å². The molecule has 0 saturated heterocycles. The lowest BCUT2D eigenvalue weighted by molar-refractivity contribution is -0.115. The van der Waals surface area contributed by atoms with E-state index in [1.165, 1.54) is 12.1 Å². The van der Waals surface area contributed by atoms with Gasteiger partial charge in [0.05, 0.1) is 27.2 Å². The summed E-state index contributed by atoms with van der Waals surface area (Å²) in [5.74, 6) is -0.169. The van der Waals surface area contributed by atoms with Crippen molar-refractivity contribution < 1.29 is 17.6 Å². The van der Waals surface area contributed by atoms with Gasteiger partial charge in [-0.2, -0.15) is 0 Å². The standard InChI is InChI=1S/C19H18ClN3O4S/c1-12(2)28(25,26)14-9-7-13(8-10-14)11-17(24)21-19-23-22-18(27-19)15-5-3-4-6-16(15)20/h3-10,12H,11H2,1-2H3,(H,21,23,24). The molecule has 7 nitrogen and oxygen atoms in total. The summed E-state index contributed by atoms with van der Waals surface area (Å²) in [4.78, 5) is 12.4. The number of nitrogens with zero attached hydrogens (tertiary/aromatic N) is 2. The second kappa shape index (κ2) is 8.12. The van der Waals surface area contributed by atoms with Gasteiger partial charge in [0.15, 0.2) is 9.84 Å². The van der Waals surface area contributed by atoms with Crippen LogP contribution in [0.5, 0.6) is 0 Å². The summed E-state index contributed by atoms with van der Waals surface area (Å²) in [6.07, 6.45) is 0.0335. The lowest BCUT2D eigenvalue weighted by Gasteiger charge is -2.08. The van der Waals surface area contributed by atoms with Crippen LogP contribution >= 0.6 is 11.6 Å². The molecule has 0 unspecified atom stereocenters. The number of anilines is 1. The Balaban J connectivity index is 1.66. The minimum atomic E-state index is -3.34. The largest absolute Gasteiger partial charge is 0.403 e. The number of hydrogen-bond donors (Lipinski definition) is 1. The molecule has 0 bridgehead atoms. The normalized spacial score (nSPS) is 11.6. The van der Waals surface area contributed by atoms with E-state index in [-0.39, 0.29) is 29.1 Å². The molecule has 0 saturated carbocycles. The first-order chi connectivity index (χ1) is 13.3. The number of hydrogen-bond acceptors (Lipinski definition) is 6. The van der Waals surface area contributed by atoms with Crippen LogP contribution in [0, 0.1) is 0 Å². The number of carbonyl (C=O) groups excluding carboxylic acids is 1. The molecule has 3 aromatic rings. The zero-order valence-electron chi connectivity index (χ0n) is 15.2. The Labute approximate surface area is 167 Å². The van der Waals surface area contributed by atoms with Gasteiger partial charge in [0, 0.05) is 0 Å². The molecular formula is C19H18ClN3O4S. The first kappa shape index (κ1) is 20.0. The van der Waals surface area contributed by atoms with Crippen LogP contribution in [0.3, 0.4) is 0 Å². The van der Waals surface area contributed by atoms with Crippen molar-refractivity contribution >= 4 is 33.4 Å². The Bertz CT molecular complexity index is 1090. The number of halogens is 1. The monoisotopic (exact) mass is 419 g/mol. The number of sulfone groups is 1. The van der Waals surface area contributed by atoms with Crippen molar-refractivity contribution in [1.82, 2.24) is 10.2 Å². The molecule has 0 aliphatic carbocycles. The van der Waals surface area contributed by atoms with Crippen LogP contribution in [0.15, 0.2) is 57.8 Å². The van der Waals surface area contributed by atoms with Gasteiger partial charge in [0.25, 0.3) is 5.89 Å².